The number of furan rings is 1. The van der Waals surface area contributed by atoms with Gasteiger partial charge in [-0.2, -0.15) is 0 Å². The minimum absolute atomic E-state index is 0.192. The van der Waals surface area contributed by atoms with Crippen molar-refractivity contribution in [2.24, 2.45) is 0 Å². The Morgan fingerprint density at radius 3 is 2.73 bits per heavy atom. The predicted octanol–water partition coefficient (Wildman–Crippen LogP) is 3.37. The zero-order chi connectivity index (χ0) is 15.5. The fourth-order valence-electron chi connectivity index (χ4n) is 2.47. The van der Waals surface area contributed by atoms with Gasteiger partial charge in [0, 0.05) is 18.2 Å². The first kappa shape index (κ1) is 14.8. The van der Waals surface area contributed by atoms with Crippen LogP contribution in [0.2, 0.25) is 0 Å². The van der Waals surface area contributed by atoms with E-state index in [2.05, 4.69) is 9.64 Å². The summed E-state index contributed by atoms with van der Waals surface area (Å²) in [4.78, 5) is 13.6. The normalized spacial score (nSPS) is 14.3. The molecule has 2 aromatic rings. The third-order valence-electron chi connectivity index (χ3n) is 3.80. The van der Waals surface area contributed by atoms with Gasteiger partial charge in [-0.15, -0.1) is 0 Å². The third kappa shape index (κ3) is 3.36. The van der Waals surface area contributed by atoms with Gasteiger partial charge >= 0.3 is 5.97 Å². The molecule has 1 aromatic heterocycles. The summed E-state index contributed by atoms with van der Waals surface area (Å²) in [5.41, 5.74) is 0.675. The molecular weight excluding hydrogens is 285 g/mol. The molecule has 22 heavy (non-hydrogen) atoms. The van der Waals surface area contributed by atoms with Gasteiger partial charge in [-0.05, 0) is 31.0 Å². The van der Waals surface area contributed by atoms with Crippen molar-refractivity contribution in [2.75, 3.05) is 7.11 Å². The summed E-state index contributed by atoms with van der Waals surface area (Å²) in [6.45, 7) is 1.08. The molecule has 0 spiro atoms. The Morgan fingerprint density at radius 2 is 2.05 bits per heavy atom. The first-order valence-corrected chi connectivity index (χ1v) is 7.32. The summed E-state index contributed by atoms with van der Waals surface area (Å²) in [7, 11) is 1.32. The first-order valence-electron chi connectivity index (χ1n) is 7.32. The summed E-state index contributed by atoms with van der Waals surface area (Å²) in [6.07, 6.45) is 2.22. The fourth-order valence-corrected chi connectivity index (χ4v) is 2.47. The summed E-state index contributed by atoms with van der Waals surface area (Å²) >= 11 is 0. The predicted molar refractivity (Wildman–Crippen MR) is 78.7 cm³/mol. The minimum atomic E-state index is -0.488. The van der Waals surface area contributed by atoms with Crippen molar-refractivity contribution < 1.29 is 18.3 Å². The molecule has 116 valence electrons. The first-order chi connectivity index (χ1) is 10.7. The Kier molecular flexibility index (Phi) is 4.24. The molecule has 1 aromatic carbocycles. The number of hydrogen-bond acceptors (Lipinski definition) is 4. The Bertz CT molecular complexity index is 663. The number of carbonyl (C=O) groups is 1. The lowest BCUT2D eigenvalue weighted by Crippen LogP contribution is -2.25. The van der Waals surface area contributed by atoms with Crippen molar-refractivity contribution in [3.63, 3.8) is 0 Å². The number of carbonyl (C=O) groups excluding carboxylic acids is 1. The van der Waals surface area contributed by atoms with Crippen LogP contribution in [0, 0.1) is 5.82 Å². The van der Waals surface area contributed by atoms with E-state index in [1.807, 2.05) is 6.07 Å². The third-order valence-corrected chi connectivity index (χ3v) is 3.80. The molecule has 1 heterocycles. The summed E-state index contributed by atoms with van der Waals surface area (Å²) < 4.78 is 23.9. The van der Waals surface area contributed by atoms with E-state index in [1.54, 1.807) is 24.3 Å². The number of nitrogens with zero attached hydrogens (tertiary/aromatic N) is 1. The summed E-state index contributed by atoms with van der Waals surface area (Å²) in [6, 6.07) is 10.6. The molecule has 0 atom stereocenters. The van der Waals surface area contributed by atoms with E-state index >= 15 is 0 Å². The van der Waals surface area contributed by atoms with Crippen LogP contribution in [0.15, 0.2) is 40.8 Å². The maximum atomic E-state index is 13.8. The second kappa shape index (κ2) is 6.32. The average Bonchev–Trinajstić information content (AvgIpc) is 3.27. The monoisotopic (exact) mass is 303 g/mol. The SMILES string of the molecule is COC(=O)c1ccc(CN(Cc2ccccc2F)C2CC2)o1. The Balaban J connectivity index is 1.71. The van der Waals surface area contributed by atoms with E-state index in [0.29, 0.717) is 30.5 Å². The Hall–Kier alpha value is -2.14. The van der Waals surface area contributed by atoms with E-state index in [0.717, 1.165) is 12.8 Å². The van der Waals surface area contributed by atoms with Crippen LogP contribution < -0.4 is 0 Å². The highest BCUT2D eigenvalue weighted by Crippen LogP contribution is 2.30. The van der Waals surface area contributed by atoms with E-state index in [1.165, 1.54) is 13.2 Å². The topological polar surface area (TPSA) is 42.7 Å². The van der Waals surface area contributed by atoms with Crippen molar-refractivity contribution in [2.45, 2.75) is 32.0 Å². The Labute approximate surface area is 128 Å². The van der Waals surface area contributed by atoms with E-state index in [9.17, 15) is 9.18 Å². The van der Waals surface area contributed by atoms with Crippen molar-refractivity contribution >= 4 is 5.97 Å². The minimum Gasteiger partial charge on any atom is -0.463 e. The van der Waals surface area contributed by atoms with Crippen LogP contribution in [-0.2, 0) is 17.8 Å². The van der Waals surface area contributed by atoms with Crippen LogP contribution in [-0.4, -0.2) is 24.0 Å². The summed E-state index contributed by atoms with van der Waals surface area (Å²) in [5.74, 6) is 0.198. The molecule has 0 amide bonds. The number of esters is 1. The lowest BCUT2D eigenvalue weighted by molar-refractivity contribution is 0.0560. The van der Waals surface area contributed by atoms with E-state index < -0.39 is 5.97 Å². The highest BCUT2D eigenvalue weighted by molar-refractivity contribution is 5.86. The second-order valence-corrected chi connectivity index (χ2v) is 5.49. The number of ether oxygens (including phenoxy) is 1. The van der Waals surface area contributed by atoms with Gasteiger partial charge in [0.25, 0.3) is 0 Å². The molecule has 5 heteroatoms. The van der Waals surface area contributed by atoms with Crippen LogP contribution >= 0.6 is 0 Å². The number of hydrogen-bond donors (Lipinski definition) is 0. The second-order valence-electron chi connectivity index (χ2n) is 5.49. The lowest BCUT2D eigenvalue weighted by Gasteiger charge is -2.21. The lowest BCUT2D eigenvalue weighted by atomic mass is 10.2. The zero-order valence-corrected chi connectivity index (χ0v) is 12.4. The van der Waals surface area contributed by atoms with Crippen molar-refractivity contribution in [1.29, 1.82) is 0 Å². The highest BCUT2D eigenvalue weighted by Gasteiger charge is 2.30. The van der Waals surface area contributed by atoms with E-state index in [4.69, 9.17) is 4.42 Å². The maximum Gasteiger partial charge on any atom is 0.373 e. The van der Waals surface area contributed by atoms with Gasteiger partial charge in [-0.25, -0.2) is 9.18 Å². The molecule has 1 aliphatic rings. The van der Waals surface area contributed by atoms with Crippen LogP contribution in [0.5, 0.6) is 0 Å². The molecule has 0 radical (unpaired) electrons. The van der Waals surface area contributed by atoms with Gasteiger partial charge in [-0.1, -0.05) is 18.2 Å². The van der Waals surface area contributed by atoms with Crippen LogP contribution in [0.4, 0.5) is 4.39 Å². The van der Waals surface area contributed by atoms with Gasteiger partial charge in [-0.3, -0.25) is 4.90 Å². The Morgan fingerprint density at radius 1 is 1.27 bits per heavy atom. The number of halogens is 1. The molecule has 3 rings (SSSR count). The molecule has 0 unspecified atom stereocenters. The number of rotatable bonds is 6. The molecule has 0 N–H and O–H groups in total. The fraction of sp³-hybridized carbons (Fsp3) is 0.353. The largest absolute Gasteiger partial charge is 0.463 e. The van der Waals surface area contributed by atoms with Gasteiger partial charge in [0.15, 0.2) is 0 Å². The molecule has 0 saturated heterocycles. The number of methoxy groups -OCH3 is 1. The highest BCUT2D eigenvalue weighted by atomic mass is 19.1. The summed E-state index contributed by atoms with van der Waals surface area (Å²) in [5, 5.41) is 0. The molecule has 1 aliphatic carbocycles. The van der Waals surface area contributed by atoms with Crippen molar-refractivity contribution in [1.82, 2.24) is 4.90 Å². The van der Waals surface area contributed by atoms with Crippen molar-refractivity contribution in [3.05, 3.63) is 59.3 Å². The van der Waals surface area contributed by atoms with Gasteiger partial charge in [0.1, 0.15) is 11.6 Å². The molecule has 1 saturated carbocycles. The van der Waals surface area contributed by atoms with Crippen molar-refractivity contribution in [3.8, 4) is 0 Å². The van der Waals surface area contributed by atoms with E-state index in [-0.39, 0.29) is 11.6 Å². The van der Waals surface area contributed by atoms with Gasteiger partial charge in [0.05, 0.1) is 13.7 Å². The standard InChI is InChI=1S/C17H18FNO3/c1-21-17(20)16-9-8-14(22-16)11-19(13-6-7-13)10-12-4-2-3-5-15(12)18/h2-5,8-9,13H,6-7,10-11H2,1H3. The number of benzene rings is 1. The molecule has 1 fully saturated rings. The van der Waals surface area contributed by atoms with Crippen LogP contribution in [0.3, 0.4) is 0 Å². The molecule has 0 aliphatic heterocycles. The average molecular weight is 303 g/mol. The van der Waals surface area contributed by atoms with Gasteiger partial charge < -0.3 is 9.15 Å². The smallest absolute Gasteiger partial charge is 0.373 e. The molecular formula is C17H18FNO3. The molecule has 4 nitrogen and oxygen atoms in total. The maximum absolute atomic E-state index is 13.8. The van der Waals surface area contributed by atoms with Gasteiger partial charge in [0.2, 0.25) is 5.76 Å². The van der Waals surface area contributed by atoms with Crippen LogP contribution in [0.1, 0.15) is 34.7 Å². The zero-order valence-electron chi connectivity index (χ0n) is 12.4. The van der Waals surface area contributed by atoms with Crippen LogP contribution in [0.25, 0.3) is 0 Å². The molecule has 0 bridgehead atoms. The quantitative estimate of drug-likeness (QED) is 0.767.